The molecule has 0 saturated carbocycles. The van der Waals surface area contributed by atoms with E-state index < -0.39 is 0 Å². The van der Waals surface area contributed by atoms with Crippen molar-refractivity contribution in [3.63, 3.8) is 0 Å². The van der Waals surface area contributed by atoms with E-state index in [1.165, 1.54) is 0 Å². The van der Waals surface area contributed by atoms with Crippen molar-refractivity contribution in [3.8, 4) is 0 Å². The highest BCUT2D eigenvalue weighted by Gasteiger charge is 2.22. The predicted octanol–water partition coefficient (Wildman–Crippen LogP) is 2.28. The smallest absolute Gasteiger partial charge is 0.340 e. The van der Waals surface area contributed by atoms with Gasteiger partial charge >= 0.3 is 5.97 Å². The molecule has 1 aromatic rings. The predicted molar refractivity (Wildman–Crippen MR) is 74.5 cm³/mol. The number of benzene rings is 1. The van der Waals surface area contributed by atoms with Crippen molar-refractivity contribution in [3.05, 3.63) is 28.2 Å². The Morgan fingerprint density at radius 1 is 1.44 bits per heavy atom. The zero-order valence-electron chi connectivity index (χ0n) is 10.4. The summed E-state index contributed by atoms with van der Waals surface area (Å²) in [6.45, 7) is 1.93. The molecule has 1 aromatic carbocycles. The molecule has 0 amide bonds. The molecule has 98 valence electrons. The van der Waals surface area contributed by atoms with Crippen LogP contribution in [0, 0.1) is 0 Å². The number of ether oxygens (including phenoxy) is 1. The number of nitrogens with two attached hydrogens (primary N) is 1. The molecule has 0 aromatic heterocycles. The van der Waals surface area contributed by atoms with Crippen molar-refractivity contribution < 1.29 is 9.53 Å². The maximum Gasteiger partial charge on any atom is 0.340 e. The average molecular weight is 313 g/mol. The normalized spacial score (nSPS) is 17.7. The Morgan fingerprint density at radius 2 is 2.11 bits per heavy atom. The summed E-state index contributed by atoms with van der Waals surface area (Å²) in [5, 5.41) is 0. The van der Waals surface area contributed by atoms with Crippen LogP contribution < -0.4 is 5.73 Å². The van der Waals surface area contributed by atoms with E-state index in [1.807, 2.05) is 6.07 Å². The van der Waals surface area contributed by atoms with Crippen molar-refractivity contribution in [2.24, 2.45) is 0 Å². The molecule has 4 nitrogen and oxygen atoms in total. The van der Waals surface area contributed by atoms with Gasteiger partial charge in [0.05, 0.1) is 11.3 Å². The number of halogens is 1. The van der Waals surface area contributed by atoms with Crippen molar-refractivity contribution in [1.82, 2.24) is 4.90 Å². The number of nitrogen functional groups attached to an aromatic ring is 1. The third kappa shape index (κ3) is 3.03. The van der Waals surface area contributed by atoms with Crippen molar-refractivity contribution in [2.45, 2.75) is 18.9 Å². The number of carbonyl (C=O) groups is 1. The van der Waals surface area contributed by atoms with E-state index in [4.69, 9.17) is 10.5 Å². The van der Waals surface area contributed by atoms with Crippen molar-refractivity contribution >= 4 is 27.6 Å². The minimum Gasteiger partial charge on any atom is -0.459 e. The van der Waals surface area contributed by atoms with Gasteiger partial charge in [-0.25, -0.2) is 4.79 Å². The molecule has 1 fully saturated rings. The molecule has 0 radical (unpaired) electrons. The minimum absolute atomic E-state index is 0.00656. The first kappa shape index (κ1) is 13.4. The van der Waals surface area contributed by atoms with Gasteiger partial charge in [0.15, 0.2) is 0 Å². The number of rotatable bonds is 2. The Hall–Kier alpha value is -1.07. The van der Waals surface area contributed by atoms with Gasteiger partial charge in [-0.15, -0.1) is 0 Å². The van der Waals surface area contributed by atoms with Gasteiger partial charge in [0.2, 0.25) is 0 Å². The lowest BCUT2D eigenvalue weighted by Crippen LogP contribution is -2.35. The summed E-state index contributed by atoms with van der Waals surface area (Å²) in [5.74, 6) is -0.330. The molecule has 1 saturated heterocycles. The van der Waals surface area contributed by atoms with Gasteiger partial charge < -0.3 is 15.4 Å². The maximum absolute atomic E-state index is 12.0. The van der Waals surface area contributed by atoms with Crippen molar-refractivity contribution in [2.75, 3.05) is 25.9 Å². The molecule has 1 aliphatic rings. The quantitative estimate of drug-likeness (QED) is 0.672. The van der Waals surface area contributed by atoms with Crippen molar-refractivity contribution in [1.29, 1.82) is 0 Å². The van der Waals surface area contributed by atoms with Crippen LogP contribution in [0.25, 0.3) is 0 Å². The number of para-hydroxylation sites is 1. The average Bonchev–Trinajstić information content (AvgIpc) is 2.35. The summed E-state index contributed by atoms with van der Waals surface area (Å²) in [5.41, 5.74) is 6.73. The topological polar surface area (TPSA) is 55.6 Å². The molecule has 1 aliphatic heterocycles. The maximum atomic E-state index is 12.0. The molecule has 0 bridgehead atoms. The summed E-state index contributed by atoms with van der Waals surface area (Å²) >= 11 is 3.31. The fraction of sp³-hybridized carbons (Fsp3) is 0.462. The van der Waals surface area contributed by atoms with Gasteiger partial charge in [-0.3, -0.25) is 0 Å². The number of anilines is 1. The Kier molecular flexibility index (Phi) is 4.24. The van der Waals surface area contributed by atoms with Crippen LogP contribution in [-0.4, -0.2) is 37.1 Å². The van der Waals surface area contributed by atoms with E-state index in [2.05, 4.69) is 27.9 Å². The fourth-order valence-corrected chi connectivity index (χ4v) is 2.40. The Bertz CT molecular complexity index is 443. The van der Waals surface area contributed by atoms with E-state index in [9.17, 15) is 4.79 Å². The zero-order chi connectivity index (χ0) is 13.1. The summed E-state index contributed by atoms with van der Waals surface area (Å²) in [7, 11) is 2.07. The third-order valence-corrected chi connectivity index (χ3v) is 3.90. The van der Waals surface area contributed by atoms with E-state index in [0.29, 0.717) is 11.3 Å². The molecule has 2 N–H and O–H groups in total. The van der Waals surface area contributed by atoms with E-state index in [1.54, 1.807) is 12.1 Å². The summed E-state index contributed by atoms with van der Waals surface area (Å²) in [4.78, 5) is 14.3. The SMILES string of the molecule is CN1CCC(OC(=O)c2cccc(Br)c2N)CC1. The molecule has 0 spiro atoms. The highest BCUT2D eigenvalue weighted by Crippen LogP contribution is 2.24. The van der Waals surface area contributed by atoms with Gasteiger partial charge in [-0.05, 0) is 48.0 Å². The molecular formula is C13H17BrN2O2. The van der Waals surface area contributed by atoms with Crippen LogP contribution in [0.1, 0.15) is 23.2 Å². The highest BCUT2D eigenvalue weighted by atomic mass is 79.9. The first-order chi connectivity index (χ1) is 8.58. The van der Waals surface area contributed by atoms with Gasteiger partial charge in [-0.1, -0.05) is 6.07 Å². The standard InChI is InChI=1S/C13H17BrN2O2/c1-16-7-5-9(6-8-16)18-13(17)10-3-2-4-11(14)12(10)15/h2-4,9H,5-8,15H2,1H3. The van der Waals surface area contributed by atoms with Crippen LogP contribution in [-0.2, 0) is 4.74 Å². The van der Waals surface area contributed by atoms with Crippen LogP contribution >= 0.6 is 15.9 Å². The van der Waals surface area contributed by atoms with E-state index in [-0.39, 0.29) is 12.1 Å². The third-order valence-electron chi connectivity index (χ3n) is 3.21. The van der Waals surface area contributed by atoms with Gasteiger partial charge in [0, 0.05) is 17.6 Å². The van der Waals surface area contributed by atoms with Crippen LogP contribution in [0.2, 0.25) is 0 Å². The number of piperidine rings is 1. The van der Waals surface area contributed by atoms with Crippen LogP contribution in [0.5, 0.6) is 0 Å². The minimum atomic E-state index is -0.330. The van der Waals surface area contributed by atoms with Crippen LogP contribution in [0.4, 0.5) is 5.69 Å². The number of hydrogen-bond acceptors (Lipinski definition) is 4. The first-order valence-electron chi connectivity index (χ1n) is 6.01. The number of likely N-dealkylation sites (tertiary alicyclic amines) is 1. The second kappa shape index (κ2) is 5.71. The van der Waals surface area contributed by atoms with Gasteiger partial charge in [0.25, 0.3) is 0 Å². The lowest BCUT2D eigenvalue weighted by molar-refractivity contribution is 0.0140. The number of carbonyl (C=O) groups excluding carboxylic acids is 1. The Morgan fingerprint density at radius 3 is 2.78 bits per heavy atom. The molecule has 0 unspecified atom stereocenters. The number of nitrogens with zero attached hydrogens (tertiary/aromatic N) is 1. The second-order valence-electron chi connectivity index (χ2n) is 4.61. The largest absolute Gasteiger partial charge is 0.459 e. The fourth-order valence-electron chi connectivity index (χ4n) is 2.03. The van der Waals surface area contributed by atoms with Gasteiger partial charge in [0.1, 0.15) is 6.10 Å². The Labute approximate surface area is 115 Å². The van der Waals surface area contributed by atoms with Crippen LogP contribution in [0.3, 0.4) is 0 Å². The molecule has 2 rings (SSSR count). The molecule has 0 aliphatic carbocycles. The van der Waals surface area contributed by atoms with Gasteiger partial charge in [-0.2, -0.15) is 0 Å². The van der Waals surface area contributed by atoms with E-state index >= 15 is 0 Å². The summed E-state index contributed by atoms with van der Waals surface area (Å²) in [6, 6.07) is 5.28. The summed E-state index contributed by atoms with van der Waals surface area (Å²) in [6.07, 6.45) is 1.78. The molecule has 18 heavy (non-hydrogen) atoms. The first-order valence-corrected chi connectivity index (χ1v) is 6.80. The summed E-state index contributed by atoms with van der Waals surface area (Å²) < 4.78 is 6.22. The molecular weight excluding hydrogens is 296 g/mol. The highest BCUT2D eigenvalue weighted by molar-refractivity contribution is 9.10. The molecule has 5 heteroatoms. The monoisotopic (exact) mass is 312 g/mol. The molecule has 1 heterocycles. The molecule has 0 atom stereocenters. The Balaban J connectivity index is 2.01. The van der Waals surface area contributed by atoms with E-state index in [0.717, 1.165) is 30.4 Å². The zero-order valence-corrected chi connectivity index (χ0v) is 11.9. The van der Waals surface area contributed by atoms with Crippen LogP contribution in [0.15, 0.2) is 22.7 Å². The second-order valence-corrected chi connectivity index (χ2v) is 5.46. The number of esters is 1. The lowest BCUT2D eigenvalue weighted by atomic mass is 10.1. The number of hydrogen-bond donors (Lipinski definition) is 1. The lowest BCUT2D eigenvalue weighted by Gasteiger charge is -2.28.